The predicted octanol–water partition coefficient (Wildman–Crippen LogP) is 5.54. The molecule has 0 unspecified atom stereocenters. The molecule has 2 atom stereocenters. The summed E-state index contributed by atoms with van der Waals surface area (Å²) in [5.74, 6) is -0.551. The molecule has 1 aliphatic heterocycles. The van der Waals surface area contributed by atoms with E-state index in [1.807, 2.05) is 18.2 Å². The third-order valence-electron chi connectivity index (χ3n) is 5.63. The van der Waals surface area contributed by atoms with Crippen LogP contribution in [0.2, 0.25) is 0 Å². The van der Waals surface area contributed by atoms with Crippen molar-refractivity contribution in [2.24, 2.45) is 0 Å². The van der Waals surface area contributed by atoms with Gasteiger partial charge in [-0.1, -0.05) is 42.5 Å². The van der Waals surface area contributed by atoms with Gasteiger partial charge in [0.1, 0.15) is 12.0 Å². The molecular formula is C23H20F2N2. The van der Waals surface area contributed by atoms with E-state index in [0.29, 0.717) is 25.0 Å². The molecule has 0 radical (unpaired) electrons. The fourth-order valence-electron chi connectivity index (χ4n) is 4.34. The predicted molar refractivity (Wildman–Crippen MR) is 106 cm³/mol. The van der Waals surface area contributed by atoms with Crippen molar-refractivity contribution < 1.29 is 8.78 Å². The van der Waals surface area contributed by atoms with Gasteiger partial charge in [-0.3, -0.25) is 0 Å². The minimum atomic E-state index is -0.913. The smallest absolute Gasteiger partial charge is 0.125 e. The lowest BCUT2D eigenvalue weighted by atomic mass is 9.86. The summed E-state index contributed by atoms with van der Waals surface area (Å²) in [7, 11) is 0. The molecular weight excluding hydrogens is 342 g/mol. The molecule has 0 amide bonds. The van der Waals surface area contributed by atoms with E-state index < -0.39 is 6.17 Å². The van der Waals surface area contributed by atoms with Crippen LogP contribution in [0.1, 0.15) is 17.9 Å². The molecule has 136 valence electrons. The monoisotopic (exact) mass is 362 g/mol. The number of aromatic amines is 1. The minimum absolute atomic E-state index is 0.257. The quantitative estimate of drug-likeness (QED) is 0.481. The van der Waals surface area contributed by atoms with Crippen molar-refractivity contribution in [2.45, 2.75) is 18.5 Å². The second-order valence-electron chi connectivity index (χ2n) is 7.25. The summed E-state index contributed by atoms with van der Waals surface area (Å²) in [4.78, 5) is 3.40. The van der Waals surface area contributed by atoms with E-state index in [0.717, 1.165) is 33.0 Å². The van der Waals surface area contributed by atoms with Crippen LogP contribution in [-0.2, 0) is 0 Å². The van der Waals surface area contributed by atoms with Crippen molar-refractivity contribution in [3.8, 4) is 11.3 Å². The molecule has 4 aromatic rings. The Morgan fingerprint density at radius 1 is 0.926 bits per heavy atom. The third-order valence-corrected chi connectivity index (χ3v) is 5.63. The Hall–Kier alpha value is -2.72. The fourth-order valence-corrected chi connectivity index (χ4v) is 4.34. The third kappa shape index (κ3) is 2.72. The van der Waals surface area contributed by atoms with Crippen molar-refractivity contribution in [1.82, 2.24) is 10.3 Å². The van der Waals surface area contributed by atoms with Crippen molar-refractivity contribution in [2.75, 3.05) is 13.1 Å². The van der Waals surface area contributed by atoms with Crippen LogP contribution in [0.3, 0.4) is 0 Å². The van der Waals surface area contributed by atoms with Crippen LogP contribution in [-0.4, -0.2) is 24.2 Å². The van der Waals surface area contributed by atoms with E-state index >= 15 is 0 Å². The number of alkyl halides is 1. The van der Waals surface area contributed by atoms with Crippen LogP contribution in [0.15, 0.2) is 60.7 Å². The first-order valence-corrected chi connectivity index (χ1v) is 9.36. The molecule has 2 heterocycles. The van der Waals surface area contributed by atoms with Crippen LogP contribution in [0.25, 0.3) is 32.9 Å². The Bertz CT molecular complexity index is 1130. The van der Waals surface area contributed by atoms with Crippen LogP contribution in [0, 0.1) is 5.82 Å². The van der Waals surface area contributed by atoms with Crippen LogP contribution in [0.4, 0.5) is 8.78 Å². The lowest BCUT2D eigenvalue weighted by Crippen LogP contribution is -2.36. The molecule has 1 fully saturated rings. The zero-order valence-electron chi connectivity index (χ0n) is 14.8. The van der Waals surface area contributed by atoms with Gasteiger partial charge in [0.25, 0.3) is 0 Å². The Morgan fingerprint density at radius 2 is 1.78 bits per heavy atom. The van der Waals surface area contributed by atoms with E-state index in [1.54, 1.807) is 6.07 Å². The van der Waals surface area contributed by atoms with Crippen molar-refractivity contribution in [3.63, 3.8) is 0 Å². The van der Waals surface area contributed by atoms with E-state index in [1.165, 1.54) is 12.1 Å². The highest BCUT2D eigenvalue weighted by atomic mass is 19.1. The van der Waals surface area contributed by atoms with E-state index in [2.05, 4.69) is 34.6 Å². The number of fused-ring (bicyclic) bond motifs is 2. The summed E-state index contributed by atoms with van der Waals surface area (Å²) in [5, 5.41) is 6.45. The van der Waals surface area contributed by atoms with Gasteiger partial charge in [-0.05, 0) is 47.5 Å². The van der Waals surface area contributed by atoms with Crippen molar-refractivity contribution in [1.29, 1.82) is 0 Å². The molecule has 0 aliphatic carbocycles. The molecule has 0 saturated carbocycles. The number of H-pyrrole nitrogens is 1. The zero-order chi connectivity index (χ0) is 18.4. The van der Waals surface area contributed by atoms with Gasteiger partial charge >= 0.3 is 0 Å². The Balaban J connectivity index is 1.82. The first kappa shape index (κ1) is 16.5. The molecule has 3 aromatic carbocycles. The van der Waals surface area contributed by atoms with Gasteiger partial charge in [-0.15, -0.1) is 0 Å². The number of benzene rings is 3. The molecule has 1 aliphatic rings. The number of aromatic nitrogens is 1. The number of hydrogen-bond acceptors (Lipinski definition) is 1. The molecule has 2 N–H and O–H groups in total. The SMILES string of the molecule is Fc1ccc2c([C@@H]3CNCC[C@H]3F)c(-c3cccc4ccccc34)[nH]c2c1. The molecule has 0 spiro atoms. The summed E-state index contributed by atoms with van der Waals surface area (Å²) in [6, 6.07) is 19.0. The molecule has 1 saturated heterocycles. The molecule has 5 rings (SSSR count). The normalized spacial score (nSPS) is 20.4. The highest BCUT2D eigenvalue weighted by Gasteiger charge is 2.31. The van der Waals surface area contributed by atoms with E-state index in [4.69, 9.17) is 0 Å². The van der Waals surface area contributed by atoms with Crippen LogP contribution < -0.4 is 5.32 Å². The standard InChI is InChI=1S/C23H20F2N2/c24-15-8-9-18-21(12-15)27-23(22(18)19-13-26-11-10-20(19)25)17-7-3-5-14-4-1-2-6-16(14)17/h1-9,12,19-20,26-27H,10-11,13H2/t19-,20-/m1/s1. The second kappa shape index (κ2) is 6.46. The van der Waals surface area contributed by atoms with Crippen LogP contribution >= 0.6 is 0 Å². The van der Waals surface area contributed by atoms with Gasteiger partial charge in [0.2, 0.25) is 0 Å². The second-order valence-corrected chi connectivity index (χ2v) is 7.25. The molecule has 27 heavy (non-hydrogen) atoms. The minimum Gasteiger partial charge on any atom is -0.354 e. The highest BCUT2D eigenvalue weighted by Crippen LogP contribution is 2.41. The molecule has 0 bridgehead atoms. The van der Waals surface area contributed by atoms with Crippen LogP contribution in [0.5, 0.6) is 0 Å². The van der Waals surface area contributed by atoms with Crippen molar-refractivity contribution in [3.05, 3.63) is 72.0 Å². The number of piperidine rings is 1. The number of rotatable bonds is 2. The van der Waals surface area contributed by atoms with E-state index in [-0.39, 0.29) is 11.7 Å². The lowest BCUT2D eigenvalue weighted by Gasteiger charge is -2.28. The number of nitrogens with one attached hydrogen (secondary N) is 2. The maximum Gasteiger partial charge on any atom is 0.125 e. The summed E-state index contributed by atoms with van der Waals surface area (Å²) < 4.78 is 28.7. The first-order valence-electron chi connectivity index (χ1n) is 9.36. The summed E-state index contributed by atoms with van der Waals surface area (Å²) >= 11 is 0. The maximum absolute atomic E-state index is 14.9. The molecule has 2 nitrogen and oxygen atoms in total. The van der Waals surface area contributed by atoms with Gasteiger partial charge in [0.05, 0.1) is 5.69 Å². The average molecular weight is 362 g/mol. The van der Waals surface area contributed by atoms with Gasteiger partial charge < -0.3 is 10.3 Å². The largest absolute Gasteiger partial charge is 0.354 e. The lowest BCUT2D eigenvalue weighted by molar-refractivity contribution is 0.229. The Morgan fingerprint density at radius 3 is 2.67 bits per heavy atom. The van der Waals surface area contributed by atoms with Gasteiger partial charge in [-0.2, -0.15) is 0 Å². The van der Waals surface area contributed by atoms with Gasteiger partial charge in [0, 0.05) is 28.9 Å². The van der Waals surface area contributed by atoms with Gasteiger partial charge in [-0.25, -0.2) is 8.78 Å². The molecule has 4 heteroatoms. The average Bonchev–Trinajstić information content (AvgIpc) is 3.06. The Labute approximate surface area is 156 Å². The first-order chi connectivity index (χ1) is 13.2. The Kier molecular flexibility index (Phi) is 3.94. The summed E-state index contributed by atoms with van der Waals surface area (Å²) in [6.07, 6.45) is -0.419. The van der Waals surface area contributed by atoms with Gasteiger partial charge in [0.15, 0.2) is 0 Å². The number of hydrogen-bond donors (Lipinski definition) is 2. The fraction of sp³-hybridized carbons (Fsp3) is 0.217. The van der Waals surface area contributed by atoms with Crippen molar-refractivity contribution >= 4 is 21.7 Å². The number of halogens is 2. The summed E-state index contributed by atoms with van der Waals surface area (Å²) in [5.41, 5.74) is 3.58. The highest BCUT2D eigenvalue weighted by molar-refractivity contribution is 6.01. The zero-order valence-corrected chi connectivity index (χ0v) is 14.8. The topological polar surface area (TPSA) is 27.8 Å². The molecule has 1 aromatic heterocycles. The van der Waals surface area contributed by atoms with E-state index in [9.17, 15) is 8.78 Å². The maximum atomic E-state index is 14.9. The summed E-state index contributed by atoms with van der Waals surface area (Å²) in [6.45, 7) is 1.28.